The Kier molecular flexibility index (Phi) is 2.36. The van der Waals surface area contributed by atoms with Gasteiger partial charge in [-0.1, -0.05) is 12.2 Å². The first-order valence-electron chi connectivity index (χ1n) is 3.71. The number of aromatic nitrogens is 2. The highest BCUT2D eigenvalue weighted by atomic mass is 16.4. The molecule has 5 heteroatoms. The highest BCUT2D eigenvalue weighted by Gasteiger charge is 2.12. The molecule has 1 aromatic heterocycles. The smallest absolute Gasteiger partial charge is 0.358 e. The largest absolute Gasteiger partial charge is 0.476 e. The fourth-order valence-corrected chi connectivity index (χ4v) is 0.961. The second kappa shape index (κ2) is 3.30. The monoisotopic (exact) mass is 181 g/mol. The van der Waals surface area contributed by atoms with Gasteiger partial charge >= 0.3 is 5.97 Å². The number of carboxylic acids is 1. The molecule has 0 unspecified atom stereocenters. The van der Waals surface area contributed by atoms with Crippen molar-refractivity contribution in [3.8, 4) is 0 Å². The van der Waals surface area contributed by atoms with Crippen LogP contribution in [0.25, 0.3) is 0 Å². The standard InChI is InChI=1S/C8H11N3O2/c1-5(2)3-11-4-6(9)7(10-11)8(12)13/h4H,1,3,9H2,2H3,(H,12,13). The molecule has 13 heavy (non-hydrogen) atoms. The number of anilines is 1. The number of allylic oxidation sites excluding steroid dienone is 1. The molecule has 1 heterocycles. The van der Waals surface area contributed by atoms with Crippen molar-refractivity contribution < 1.29 is 9.90 Å². The average Bonchev–Trinajstić information content (AvgIpc) is 2.29. The van der Waals surface area contributed by atoms with Crippen LogP contribution in [0, 0.1) is 0 Å². The van der Waals surface area contributed by atoms with E-state index in [0.717, 1.165) is 5.57 Å². The number of nitrogens with zero attached hydrogens (tertiary/aromatic N) is 2. The van der Waals surface area contributed by atoms with E-state index in [-0.39, 0.29) is 11.4 Å². The molecule has 0 aliphatic carbocycles. The van der Waals surface area contributed by atoms with Crippen molar-refractivity contribution in [1.29, 1.82) is 0 Å². The van der Waals surface area contributed by atoms with Gasteiger partial charge < -0.3 is 10.8 Å². The van der Waals surface area contributed by atoms with Crippen LogP contribution < -0.4 is 5.73 Å². The van der Waals surface area contributed by atoms with Crippen LogP contribution in [0.1, 0.15) is 17.4 Å². The molecule has 0 aromatic carbocycles. The third kappa shape index (κ3) is 2.08. The normalized spacial score (nSPS) is 9.92. The van der Waals surface area contributed by atoms with Gasteiger partial charge in [-0.3, -0.25) is 4.68 Å². The Morgan fingerprint density at radius 3 is 2.85 bits per heavy atom. The zero-order valence-corrected chi connectivity index (χ0v) is 7.32. The van der Waals surface area contributed by atoms with E-state index in [1.807, 2.05) is 6.92 Å². The molecule has 0 saturated heterocycles. The Hall–Kier alpha value is -1.78. The lowest BCUT2D eigenvalue weighted by molar-refractivity contribution is 0.0690. The third-order valence-electron chi connectivity index (χ3n) is 1.42. The van der Waals surface area contributed by atoms with E-state index in [1.165, 1.54) is 10.9 Å². The van der Waals surface area contributed by atoms with Crippen LogP contribution in [0.3, 0.4) is 0 Å². The van der Waals surface area contributed by atoms with E-state index in [4.69, 9.17) is 10.8 Å². The van der Waals surface area contributed by atoms with Gasteiger partial charge in [0.1, 0.15) is 0 Å². The predicted molar refractivity (Wildman–Crippen MR) is 48.4 cm³/mol. The SMILES string of the molecule is C=C(C)Cn1cc(N)c(C(=O)O)n1. The van der Waals surface area contributed by atoms with Crippen LogP contribution in [0.5, 0.6) is 0 Å². The van der Waals surface area contributed by atoms with Crippen LogP contribution in [0.4, 0.5) is 5.69 Å². The minimum atomic E-state index is -1.11. The second-order valence-corrected chi connectivity index (χ2v) is 2.89. The summed E-state index contributed by atoms with van der Waals surface area (Å²) in [6.45, 7) is 6.00. The summed E-state index contributed by atoms with van der Waals surface area (Å²) in [4.78, 5) is 10.5. The Morgan fingerprint density at radius 2 is 2.46 bits per heavy atom. The Bertz CT molecular complexity index is 354. The summed E-state index contributed by atoms with van der Waals surface area (Å²) in [7, 11) is 0. The van der Waals surface area contributed by atoms with Crippen molar-refractivity contribution in [3.63, 3.8) is 0 Å². The first kappa shape index (κ1) is 9.31. The highest BCUT2D eigenvalue weighted by molar-refractivity contribution is 5.91. The minimum absolute atomic E-state index is 0.110. The Labute approximate surface area is 75.5 Å². The van der Waals surface area contributed by atoms with Crippen molar-refractivity contribution in [3.05, 3.63) is 24.0 Å². The number of aromatic carboxylic acids is 1. The number of carboxylic acid groups (broad SMARTS) is 1. The summed E-state index contributed by atoms with van der Waals surface area (Å²) >= 11 is 0. The maximum absolute atomic E-state index is 10.5. The van der Waals surface area contributed by atoms with Crippen LogP contribution in [-0.4, -0.2) is 20.9 Å². The van der Waals surface area contributed by atoms with Crippen molar-refractivity contribution in [2.75, 3.05) is 5.73 Å². The van der Waals surface area contributed by atoms with Gasteiger partial charge in [0.05, 0.1) is 12.2 Å². The van der Waals surface area contributed by atoms with E-state index in [2.05, 4.69) is 11.7 Å². The predicted octanol–water partition coefficient (Wildman–Crippen LogP) is 0.740. The van der Waals surface area contributed by atoms with Gasteiger partial charge in [0, 0.05) is 6.20 Å². The maximum atomic E-state index is 10.5. The molecule has 0 aliphatic rings. The quantitative estimate of drug-likeness (QED) is 0.674. The molecule has 0 saturated carbocycles. The van der Waals surface area contributed by atoms with Gasteiger partial charge in [-0.2, -0.15) is 5.10 Å². The van der Waals surface area contributed by atoms with E-state index in [0.29, 0.717) is 6.54 Å². The van der Waals surface area contributed by atoms with Crippen LogP contribution in [0.15, 0.2) is 18.3 Å². The Balaban J connectivity index is 2.95. The fourth-order valence-electron chi connectivity index (χ4n) is 0.961. The van der Waals surface area contributed by atoms with Crippen LogP contribution in [-0.2, 0) is 6.54 Å². The van der Waals surface area contributed by atoms with Gasteiger partial charge in [0.25, 0.3) is 0 Å². The van der Waals surface area contributed by atoms with Crippen molar-refractivity contribution in [2.45, 2.75) is 13.5 Å². The van der Waals surface area contributed by atoms with Gasteiger partial charge in [0.15, 0.2) is 5.69 Å². The van der Waals surface area contributed by atoms with Crippen molar-refractivity contribution >= 4 is 11.7 Å². The lowest BCUT2D eigenvalue weighted by atomic mass is 10.3. The number of hydrogen-bond donors (Lipinski definition) is 2. The number of rotatable bonds is 3. The van der Waals surface area contributed by atoms with Gasteiger partial charge in [-0.25, -0.2) is 4.79 Å². The van der Waals surface area contributed by atoms with E-state index in [9.17, 15) is 4.79 Å². The first-order valence-corrected chi connectivity index (χ1v) is 3.71. The summed E-state index contributed by atoms with van der Waals surface area (Å²) in [6.07, 6.45) is 1.48. The third-order valence-corrected chi connectivity index (χ3v) is 1.42. The van der Waals surface area contributed by atoms with Gasteiger partial charge in [-0.15, -0.1) is 0 Å². The molecule has 0 spiro atoms. The molecule has 0 aliphatic heterocycles. The summed E-state index contributed by atoms with van der Waals surface area (Å²) in [6, 6.07) is 0. The Morgan fingerprint density at radius 1 is 1.85 bits per heavy atom. The summed E-state index contributed by atoms with van der Waals surface area (Å²) in [5, 5.41) is 12.4. The zero-order chi connectivity index (χ0) is 10.0. The zero-order valence-electron chi connectivity index (χ0n) is 7.32. The number of carbonyl (C=O) groups is 1. The molecule has 70 valence electrons. The molecule has 0 amide bonds. The molecule has 0 fully saturated rings. The molecule has 3 N–H and O–H groups in total. The molecular formula is C8H11N3O2. The lowest BCUT2D eigenvalue weighted by Crippen LogP contribution is -2.04. The summed E-state index contributed by atoms with van der Waals surface area (Å²) < 4.78 is 1.46. The lowest BCUT2D eigenvalue weighted by Gasteiger charge is -1.97. The van der Waals surface area contributed by atoms with Crippen LogP contribution >= 0.6 is 0 Å². The molecule has 0 bridgehead atoms. The first-order chi connectivity index (χ1) is 6.00. The van der Waals surface area contributed by atoms with Crippen molar-refractivity contribution in [2.24, 2.45) is 0 Å². The van der Waals surface area contributed by atoms with Crippen molar-refractivity contribution in [1.82, 2.24) is 9.78 Å². The average molecular weight is 181 g/mol. The van der Waals surface area contributed by atoms with Crippen LogP contribution in [0.2, 0.25) is 0 Å². The topological polar surface area (TPSA) is 81.1 Å². The summed E-state index contributed by atoms with van der Waals surface area (Å²) in [5.74, 6) is -1.11. The molecule has 1 aromatic rings. The number of nitrogen functional groups attached to an aromatic ring is 1. The van der Waals surface area contributed by atoms with Gasteiger partial charge in [-0.05, 0) is 6.92 Å². The molecule has 1 rings (SSSR count). The maximum Gasteiger partial charge on any atom is 0.358 e. The second-order valence-electron chi connectivity index (χ2n) is 2.89. The molecule has 0 atom stereocenters. The summed E-state index contributed by atoms with van der Waals surface area (Å²) in [5.41, 5.74) is 6.38. The molecular weight excluding hydrogens is 170 g/mol. The van der Waals surface area contributed by atoms with E-state index in [1.54, 1.807) is 0 Å². The number of hydrogen-bond acceptors (Lipinski definition) is 3. The molecule has 0 radical (unpaired) electrons. The van der Waals surface area contributed by atoms with E-state index < -0.39 is 5.97 Å². The van der Waals surface area contributed by atoms with E-state index >= 15 is 0 Å². The van der Waals surface area contributed by atoms with Gasteiger partial charge in [0.2, 0.25) is 0 Å². The molecule has 5 nitrogen and oxygen atoms in total. The highest BCUT2D eigenvalue weighted by Crippen LogP contribution is 2.09. The number of nitrogens with two attached hydrogens (primary N) is 1. The fraction of sp³-hybridized carbons (Fsp3) is 0.250. The minimum Gasteiger partial charge on any atom is -0.476 e.